The third kappa shape index (κ3) is 2.26. The maximum absolute atomic E-state index is 11.5. The third-order valence-corrected chi connectivity index (χ3v) is 4.93. The minimum absolute atomic E-state index is 0.0700. The van der Waals surface area contributed by atoms with Crippen LogP contribution in [0.1, 0.15) is 24.9 Å². The first-order valence-corrected chi connectivity index (χ1v) is 7.39. The van der Waals surface area contributed by atoms with Gasteiger partial charge in [-0.05, 0) is 12.5 Å². The van der Waals surface area contributed by atoms with Gasteiger partial charge >= 0.3 is 0 Å². The van der Waals surface area contributed by atoms with Crippen LogP contribution in [-0.2, 0) is 4.79 Å². The Balaban J connectivity index is 1.92. The van der Waals surface area contributed by atoms with Crippen LogP contribution in [0.2, 0.25) is 10.0 Å². The molecule has 3 rings (SSSR count). The standard InChI is InChI=1S/C14H16Cl2N2O2/c1-7(19)18-3-2-8-13(6-18)20-12-5-11(16)10(15)4-9(12)14(8)17/h4-5,8,13-14H,2-3,6,17H2,1H3. The SMILES string of the molecule is CC(=O)N1CCC2C(C1)Oc1cc(Cl)c(Cl)cc1C2N. The van der Waals surface area contributed by atoms with Gasteiger partial charge in [0.05, 0.1) is 16.6 Å². The van der Waals surface area contributed by atoms with E-state index in [1.165, 1.54) is 0 Å². The Hall–Kier alpha value is -0.970. The number of hydrogen-bond acceptors (Lipinski definition) is 3. The normalized spacial score (nSPS) is 28.4. The fourth-order valence-electron chi connectivity index (χ4n) is 3.06. The summed E-state index contributed by atoms with van der Waals surface area (Å²) in [5.41, 5.74) is 7.26. The maximum atomic E-state index is 11.5. The smallest absolute Gasteiger partial charge is 0.219 e. The zero-order valence-electron chi connectivity index (χ0n) is 11.1. The van der Waals surface area contributed by atoms with Gasteiger partial charge in [0.15, 0.2) is 0 Å². The molecule has 0 saturated carbocycles. The molecule has 6 heteroatoms. The lowest BCUT2D eigenvalue weighted by molar-refractivity contribution is -0.133. The third-order valence-electron chi connectivity index (χ3n) is 4.21. The molecule has 1 fully saturated rings. The molecule has 4 nitrogen and oxygen atoms in total. The molecule has 3 unspecified atom stereocenters. The Morgan fingerprint density at radius 3 is 2.80 bits per heavy atom. The maximum Gasteiger partial charge on any atom is 0.219 e. The molecule has 2 N–H and O–H groups in total. The van der Waals surface area contributed by atoms with Crippen LogP contribution in [0.25, 0.3) is 0 Å². The highest BCUT2D eigenvalue weighted by Gasteiger charge is 2.40. The van der Waals surface area contributed by atoms with Gasteiger partial charge in [-0.3, -0.25) is 4.79 Å². The van der Waals surface area contributed by atoms with Crippen molar-refractivity contribution in [3.8, 4) is 5.75 Å². The van der Waals surface area contributed by atoms with Gasteiger partial charge in [0.2, 0.25) is 5.91 Å². The number of halogens is 2. The molecule has 108 valence electrons. The molecule has 0 radical (unpaired) electrons. The van der Waals surface area contributed by atoms with Crippen LogP contribution >= 0.6 is 23.2 Å². The predicted molar refractivity (Wildman–Crippen MR) is 78.2 cm³/mol. The fraction of sp³-hybridized carbons (Fsp3) is 0.500. The van der Waals surface area contributed by atoms with Gasteiger partial charge in [0.1, 0.15) is 11.9 Å². The van der Waals surface area contributed by atoms with Crippen molar-refractivity contribution in [2.24, 2.45) is 11.7 Å². The van der Waals surface area contributed by atoms with E-state index in [-0.39, 0.29) is 24.0 Å². The quantitative estimate of drug-likeness (QED) is 0.801. The number of fused-ring (bicyclic) bond motifs is 2. The highest BCUT2D eigenvalue weighted by Crippen LogP contribution is 2.43. The van der Waals surface area contributed by atoms with Crippen molar-refractivity contribution in [3.63, 3.8) is 0 Å². The molecule has 0 aliphatic carbocycles. The summed E-state index contributed by atoms with van der Waals surface area (Å²) >= 11 is 12.1. The number of ether oxygens (including phenoxy) is 1. The lowest BCUT2D eigenvalue weighted by Crippen LogP contribution is -2.53. The summed E-state index contributed by atoms with van der Waals surface area (Å²) in [5.74, 6) is 0.953. The van der Waals surface area contributed by atoms with Crippen LogP contribution < -0.4 is 10.5 Å². The first-order valence-electron chi connectivity index (χ1n) is 6.64. The lowest BCUT2D eigenvalue weighted by atomic mass is 9.81. The summed E-state index contributed by atoms with van der Waals surface area (Å²) in [6.45, 7) is 2.88. The molecule has 1 amide bonds. The first-order chi connectivity index (χ1) is 9.47. The number of carbonyl (C=O) groups is 1. The molecule has 1 aromatic rings. The number of amides is 1. The predicted octanol–water partition coefficient (Wildman–Crippen LogP) is 2.62. The van der Waals surface area contributed by atoms with Gasteiger partial charge in [-0.15, -0.1) is 0 Å². The van der Waals surface area contributed by atoms with Crippen LogP contribution in [0.5, 0.6) is 5.75 Å². The number of benzene rings is 1. The molecular formula is C14H16Cl2N2O2. The van der Waals surface area contributed by atoms with Crippen molar-refractivity contribution in [1.29, 1.82) is 0 Å². The van der Waals surface area contributed by atoms with E-state index in [2.05, 4.69) is 0 Å². The van der Waals surface area contributed by atoms with E-state index < -0.39 is 0 Å². The van der Waals surface area contributed by atoms with E-state index in [0.29, 0.717) is 22.3 Å². The molecule has 2 aliphatic rings. The largest absolute Gasteiger partial charge is 0.488 e. The number of carbonyl (C=O) groups excluding carboxylic acids is 1. The van der Waals surface area contributed by atoms with E-state index in [4.69, 9.17) is 33.7 Å². The molecule has 20 heavy (non-hydrogen) atoms. The number of piperidine rings is 1. The van der Waals surface area contributed by atoms with Crippen molar-refractivity contribution >= 4 is 29.1 Å². The summed E-state index contributed by atoms with van der Waals surface area (Å²) in [6.07, 6.45) is 0.762. The van der Waals surface area contributed by atoms with Crippen LogP contribution in [0.15, 0.2) is 12.1 Å². The van der Waals surface area contributed by atoms with Crippen LogP contribution in [-0.4, -0.2) is 30.0 Å². The first kappa shape index (κ1) is 14.0. The summed E-state index contributed by atoms with van der Waals surface area (Å²) in [5, 5.41) is 0.944. The minimum atomic E-state index is -0.132. The zero-order valence-corrected chi connectivity index (χ0v) is 12.6. The molecular weight excluding hydrogens is 299 g/mol. The Morgan fingerprint density at radius 2 is 2.10 bits per heavy atom. The van der Waals surface area contributed by atoms with Crippen molar-refractivity contribution in [3.05, 3.63) is 27.7 Å². The molecule has 3 atom stereocenters. The van der Waals surface area contributed by atoms with Crippen molar-refractivity contribution in [2.75, 3.05) is 13.1 Å². The van der Waals surface area contributed by atoms with Crippen LogP contribution in [0, 0.1) is 5.92 Å². The van der Waals surface area contributed by atoms with Crippen molar-refractivity contribution in [1.82, 2.24) is 4.90 Å². The second-order valence-corrected chi connectivity index (χ2v) is 6.22. The highest BCUT2D eigenvalue weighted by molar-refractivity contribution is 6.42. The molecule has 1 aromatic carbocycles. The molecule has 1 saturated heterocycles. The topological polar surface area (TPSA) is 55.6 Å². The summed E-state index contributed by atoms with van der Waals surface area (Å²) in [4.78, 5) is 13.3. The van der Waals surface area contributed by atoms with Gasteiger partial charge < -0.3 is 15.4 Å². The van der Waals surface area contributed by atoms with Gasteiger partial charge in [-0.2, -0.15) is 0 Å². The molecule has 0 spiro atoms. The second-order valence-electron chi connectivity index (χ2n) is 5.40. The molecule has 0 aromatic heterocycles. The van der Waals surface area contributed by atoms with Crippen molar-refractivity contribution in [2.45, 2.75) is 25.5 Å². The van der Waals surface area contributed by atoms with Gasteiger partial charge in [-0.1, -0.05) is 23.2 Å². The van der Waals surface area contributed by atoms with Crippen LogP contribution in [0.3, 0.4) is 0 Å². The van der Waals surface area contributed by atoms with Gasteiger partial charge in [0.25, 0.3) is 0 Å². The molecule has 2 heterocycles. The number of rotatable bonds is 0. The van der Waals surface area contributed by atoms with E-state index in [9.17, 15) is 4.79 Å². The van der Waals surface area contributed by atoms with Gasteiger partial charge in [0, 0.05) is 37.1 Å². The average molecular weight is 315 g/mol. The summed E-state index contributed by atoms with van der Waals surface area (Å²) in [6, 6.07) is 3.37. The van der Waals surface area contributed by atoms with E-state index in [0.717, 1.165) is 18.5 Å². The number of nitrogens with two attached hydrogens (primary N) is 1. The number of nitrogens with zero attached hydrogens (tertiary/aromatic N) is 1. The van der Waals surface area contributed by atoms with Crippen molar-refractivity contribution < 1.29 is 9.53 Å². The number of likely N-dealkylation sites (tertiary alicyclic amines) is 1. The minimum Gasteiger partial charge on any atom is -0.488 e. The number of hydrogen-bond donors (Lipinski definition) is 1. The second kappa shape index (κ2) is 5.10. The Kier molecular flexibility index (Phi) is 3.56. The highest BCUT2D eigenvalue weighted by atomic mass is 35.5. The zero-order chi connectivity index (χ0) is 14.4. The molecule has 0 bridgehead atoms. The van der Waals surface area contributed by atoms with E-state index in [1.807, 2.05) is 0 Å². The van der Waals surface area contributed by atoms with Crippen LogP contribution in [0.4, 0.5) is 0 Å². The monoisotopic (exact) mass is 314 g/mol. The van der Waals surface area contributed by atoms with Gasteiger partial charge in [-0.25, -0.2) is 0 Å². The fourth-order valence-corrected chi connectivity index (χ4v) is 3.38. The lowest BCUT2D eigenvalue weighted by Gasteiger charge is -2.44. The Bertz CT molecular complexity index is 564. The molecule has 2 aliphatic heterocycles. The Labute approximate surface area is 127 Å². The average Bonchev–Trinajstić information content (AvgIpc) is 2.41. The van der Waals surface area contributed by atoms with E-state index in [1.54, 1.807) is 24.0 Å². The summed E-state index contributed by atoms with van der Waals surface area (Å²) in [7, 11) is 0. The van der Waals surface area contributed by atoms with E-state index >= 15 is 0 Å². The Morgan fingerprint density at radius 1 is 1.40 bits per heavy atom. The summed E-state index contributed by atoms with van der Waals surface area (Å²) < 4.78 is 6.01.